The number of nitrogens with one attached hydrogen (secondary N) is 1. The zero-order valence-corrected chi connectivity index (χ0v) is 13.9. The molecule has 0 spiro atoms. The van der Waals surface area contributed by atoms with Crippen LogP contribution in [0.5, 0.6) is 5.75 Å². The van der Waals surface area contributed by atoms with Gasteiger partial charge in [0.15, 0.2) is 0 Å². The molecule has 124 valence electrons. The number of nitrogens with zero attached hydrogens (tertiary/aromatic N) is 1. The molecular formula is C18H18N2O3S. The van der Waals surface area contributed by atoms with Crippen LogP contribution in [0.3, 0.4) is 0 Å². The Labute approximate surface area is 144 Å². The van der Waals surface area contributed by atoms with Gasteiger partial charge in [-0.15, -0.1) is 11.3 Å². The van der Waals surface area contributed by atoms with Gasteiger partial charge >= 0.3 is 0 Å². The number of thiophene rings is 1. The number of hydrogen-bond donors (Lipinski definition) is 1. The van der Waals surface area contributed by atoms with Crippen LogP contribution in [-0.2, 0) is 16.0 Å². The minimum Gasteiger partial charge on any atom is -0.486 e. The van der Waals surface area contributed by atoms with Gasteiger partial charge in [-0.1, -0.05) is 6.07 Å². The molecule has 0 aliphatic carbocycles. The Morgan fingerprint density at radius 2 is 2.21 bits per heavy atom. The Bertz CT molecular complexity index is 707. The summed E-state index contributed by atoms with van der Waals surface area (Å²) in [4.78, 5) is 13.3. The number of carbonyl (C=O) groups excluding carboxylic acids is 1. The van der Waals surface area contributed by atoms with Crippen molar-refractivity contribution in [1.29, 1.82) is 5.26 Å². The molecule has 1 saturated heterocycles. The SMILES string of the molecule is N#Cc1ccc(O[C@@H]2COCC[C@H]2NC(=O)Cc2cccs2)cc1. The number of hydrogen-bond acceptors (Lipinski definition) is 5. The van der Waals surface area contributed by atoms with E-state index >= 15 is 0 Å². The van der Waals surface area contributed by atoms with Crippen molar-refractivity contribution < 1.29 is 14.3 Å². The average molecular weight is 342 g/mol. The van der Waals surface area contributed by atoms with E-state index in [-0.39, 0.29) is 18.1 Å². The molecule has 0 radical (unpaired) electrons. The highest BCUT2D eigenvalue weighted by atomic mass is 32.1. The normalized spacial score (nSPS) is 20.1. The molecule has 2 aromatic rings. The van der Waals surface area contributed by atoms with E-state index in [0.717, 1.165) is 11.3 Å². The number of ether oxygens (including phenoxy) is 2. The van der Waals surface area contributed by atoms with Gasteiger partial charge in [-0.3, -0.25) is 4.79 Å². The van der Waals surface area contributed by atoms with Crippen molar-refractivity contribution in [2.24, 2.45) is 0 Å². The van der Waals surface area contributed by atoms with E-state index in [2.05, 4.69) is 11.4 Å². The Balaban J connectivity index is 1.60. The van der Waals surface area contributed by atoms with Crippen LogP contribution < -0.4 is 10.1 Å². The van der Waals surface area contributed by atoms with Crippen molar-refractivity contribution in [3.8, 4) is 11.8 Å². The van der Waals surface area contributed by atoms with Crippen LogP contribution in [-0.4, -0.2) is 31.3 Å². The molecule has 0 unspecified atom stereocenters. The lowest BCUT2D eigenvalue weighted by atomic mass is 10.1. The lowest BCUT2D eigenvalue weighted by Gasteiger charge is -2.32. The lowest BCUT2D eigenvalue weighted by molar-refractivity contribution is -0.123. The van der Waals surface area contributed by atoms with Crippen molar-refractivity contribution in [2.75, 3.05) is 13.2 Å². The summed E-state index contributed by atoms with van der Waals surface area (Å²) < 4.78 is 11.4. The fourth-order valence-corrected chi connectivity index (χ4v) is 3.31. The highest BCUT2D eigenvalue weighted by Gasteiger charge is 2.29. The van der Waals surface area contributed by atoms with Gasteiger partial charge in [0.05, 0.1) is 30.7 Å². The van der Waals surface area contributed by atoms with Gasteiger partial charge in [-0.05, 0) is 42.1 Å². The molecule has 24 heavy (non-hydrogen) atoms. The van der Waals surface area contributed by atoms with Crippen LogP contribution >= 0.6 is 11.3 Å². The summed E-state index contributed by atoms with van der Waals surface area (Å²) in [6, 6.07) is 12.8. The van der Waals surface area contributed by atoms with Crippen LogP contribution in [0.1, 0.15) is 16.9 Å². The summed E-state index contributed by atoms with van der Waals surface area (Å²) in [5, 5.41) is 13.9. The van der Waals surface area contributed by atoms with Crippen molar-refractivity contribution >= 4 is 17.2 Å². The maximum absolute atomic E-state index is 12.2. The summed E-state index contributed by atoms with van der Waals surface area (Å²) >= 11 is 1.58. The number of benzene rings is 1. The van der Waals surface area contributed by atoms with E-state index in [9.17, 15) is 4.79 Å². The van der Waals surface area contributed by atoms with Crippen molar-refractivity contribution in [3.05, 3.63) is 52.2 Å². The minimum atomic E-state index is -0.237. The first-order chi connectivity index (χ1) is 11.7. The summed E-state index contributed by atoms with van der Waals surface area (Å²) in [5.74, 6) is 0.666. The van der Waals surface area contributed by atoms with Gasteiger partial charge in [0.1, 0.15) is 11.9 Å². The van der Waals surface area contributed by atoms with Gasteiger partial charge in [-0.2, -0.15) is 5.26 Å². The molecule has 5 nitrogen and oxygen atoms in total. The Morgan fingerprint density at radius 1 is 1.38 bits per heavy atom. The van der Waals surface area contributed by atoms with Gasteiger partial charge in [0.2, 0.25) is 5.91 Å². The van der Waals surface area contributed by atoms with Crippen LogP contribution in [0.25, 0.3) is 0 Å². The molecule has 1 N–H and O–H groups in total. The fraction of sp³-hybridized carbons (Fsp3) is 0.333. The van der Waals surface area contributed by atoms with E-state index in [1.165, 1.54) is 0 Å². The van der Waals surface area contributed by atoms with Crippen molar-refractivity contribution in [1.82, 2.24) is 5.32 Å². The largest absolute Gasteiger partial charge is 0.486 e. The fourth-order valence-electron chi connectivity index (χ4n) is 2.61. The maximum Gasteiger partial charge on any atom is 0.225 e. The first-order valence-corrected chi connectivity index (χ1v) is 8.69. The van der Waals surface area contributed by atoms with Gasteiger partial charge < -0.3 is 14.8 Å². The second kappa shape index (κ2) is 7.95. The minimum absolute atomic E-state index is 0.00206. The third kappa shape index (κ3) is 4.34. The molecule has 1 fully saturated rings. The molecule has 0 bridgehead atoms. The van der Waals surface area contributed by atoms with Gasteiger partial charge in [0.25, 0.3) is 0 Å². The highest BCUT2D eigenvalue weighted by molar-refractivity contribution is 7.10. The first kappa shape index (κ1) is 16.5. The summed E-state index contributed by atoms with van der Waals surface area (Å²) in [7, 11) is 0. The zero-order valence-electron chi connectivity index (χ0n) is 13.1. The highest BCUT2D eigenvalue weighted by Crippen LogP contribution is 2.19. The molecule has 2 atom stereocenters. The topological polar surface area (TPSA) is 71.3 Å². The summed E-state index contributed by atoms with van der Waals surface area (Å²) in [6.07, 6.45) is 0.870. The molecular weight excluding hydrogens is 324 g/mol. The third-order valence-corrected chi connectivity index (χ3v) is 4.71. The Morgan fingerprint density at radius 3 is 2.92 bits per heavy atom. The monoisotopic (exact) mass is 342 g/mol. The Hall–Kier alpha value is -2.36. The molecule has 2 heterocycles. The second-order valence-corrected chi connectivity index (χ2v) is 6.62. The van der Waals surface area contributed by atoms with Crippen molar-refractivity contribution in [3.63, 3.8) is 0 Å². The predicted octanol–water partition coefficient (Wildman–Crippen LogP) is 2.51. The summed E-state index contributed by atoms with van der Waals surface area (Å²) in [6.45, 7) is 1.04. The molecule has 1 aliphatic rings. The van der Waals surface area contributed by atoms with E-state index < -0.39 is 0 Å². The van der Waals surface area contributed by atoms with Crippen LogP contribution in [0.4, 0.5) is 0 Å². The van der Waals surface area contributed by atoms with Crippen molar-refractivity contribution in [2.45, 2.75) is 25.0 Å². The first-order valence-electron chi connectivity index (χ1n) is 7.81. The number of amides is 1. The molecule has 0 saturated carbocycles. The van der Waals surface area contributed by atoms with E-state index in [0.29, 0.717) is 30.9 Å². The smallest absolute Gasteiger partial charge is 0.225 e. The molecule has 3 rings (SSSR count). The van der Waals surface area contributed by atoms with E-state index in [4.69, 9.17) is 14.7 Å². The zero-order chi connectivity index (χ0) is 16.8. The molecule has 1 aromatic carbocycles. The number of rotatable bonds is 5. The molecule has 1 amide bonds. The quantitative estimate of drug-likeness (QED) is 0.906. The summed E-state index contributed by atoms with van der Waals surface area (Å²) in [5.41, 5.74) is 0.586. The molecule has 1 aliphatic heterocycles. The van der Waals surface area contributed by atoms with Gasteiger partial charge in [-0.25, -0.2) is 0 Å². The molecule has 6 heteroatoms. The average Bonchev–Trinajstić information content (AvgIpc) is 3.10. The Kier molecular flexibility index (Phi) is 5.47. The maximum atomic E-state index is 12.2. The standard InChI is InChI=1S/C18H18N2O3S/c19-11-13-3-5-14(6-4-13)23-17-12-22-8-7-16(17)20-18(21)10-15-2-1-9-24-15/h1-6,9,16-17H,7-8,10,12H2,(H,20,21)/t16-,17-/m1/s1. The van der Waals surface area contributed by atoms with Crippen LogP contribution in [0, 0.1) is 11.3 Å². The number of carbonyl (C=O) groups is 1. The van der Waals surface area contributed by atoms with Gasteiger partial charge in [0, 0.05) is 11.5 Å². The van der Waals surface area contributed by atoms with Crippen LogP contribution in [0.2, 0.25) is 0 Å². The van der Waals surface area contributed by atoms with E-state index in [1.54, 1.807) is 35.6 Å². The third-order valence-electron chi connectivity index (χ3n) is 3.84. The second-order valence-electron chi connectivity index (χ2n) is 5.59. The van der Waals surface area contributed by atoms with E-state index in [1.807, 2.05) is 17.5 Å². The lowest BCUT2D eigenvalue weighted by Crippen LogP contribution is -2.51. The molecule has 1 aromatic heterocycles. The van der Waals surface area contributed by atoms with Crippen LogP contribution in [0.15, 0.2) is 41.8 Å². The number of nitriles is 1. The predicted molar refractivity (Wildman–Crippen MR) is 91.0 cm³/mol.